The summed E-state index contributed by atoms with van der Waals surface area (Å²) in [7, 11) is -2.25. The maximum atomic E-state index is 13.4. The summed E-state index contributed by atoms with van der Waals surface area (Å²) in [5.74, 6) is 0.320. The highest BCUT2D eigenvalue weighted by Crippen LogP contribution is 2.34. The molecule has 0 N–H and O–H groups in total. The van der Waals surface area contributed by atoms with Gasteiger partial charge in [-0.2, -0.15) is 4.31 Å². The molecule has 4 rings (SSSR count). The normalized spacial score (nSPS) is 15.8. The first-order valence-corrected chi connectivity index (χ1v) is 12.4. The monoisotopic (exact) mass is 470 g/mol. The molecule has 1 saturated heterocycles. The topological polar surface area (TPSA) is 49.9 Å². The molecule has 0 saturated carbocycles. The average molecular weight is 471 g/mol. The van der Waals surface area contributed by atoms with Crippen LogP contribution in [0.15, 0.2) is 77.7 Å². The number of hydrogen-bond acceptors (Lipinski definition) is 4. The van der Waals surface area contributed by atoms with E-state index in [1.165, 1.54) is 28.6 Å². The van der Waals surface area contributed by atoms with Crippen molar-refractivity contribution in [3.8, 4) is 5.75 Å². The van der Waals surface area contributed by atoms with Crippen LogP contribution in [0, 0.1) is 6.92 Å². The van der Waals surface area contributed by atoms with Crippen molar-refractivity contribution in [2.45, 2.75) is 17.9 Å². The molecule has 0 radical (unpaired) electrons. The summed E-state index contributed by atoms with van der Waals surface area (Å²) in [6, 6.07) is 23.9. The Kier molecular flexibility index (Phi) is 6.86. The molecule has 168 valence electrons. The molecule has 0 atom stereocenters. The SMILES string of the molecule is COc1cc(C)c(Cl)cc1S(=O)(=O)N1CCN(C(c2ccccc2)c2ccccc2)CC1. The molecule has 0 spiro atoms. The van der Waals surface area contributed by atoms with Crippen molar-refractivity contribution in [2.24, 2.45) is 0 Å². The number of piperazine rings is 1. The quantitative estimate of drug-likeness (QED) is 0.521. The van der Waals surface area contributed by atoms with Crippen LogP contribution >= 0.6 is 11.6 Å². The Hall–Kier alpha value is -2.38. The zero-order valence-corrected chi connectivity index (χ0v) is 19.8. The van der Waals surface area contributed by atoms with Crippen LogP contribution in [0.2, 0.25) is 5.02 Å². The summed E-state index contributed by atoms with van der Waals surface area (Å²) < 4.78 is 33.7. The van der Waals surface area contributed by atoms with Crippen LogP contribution in [-0.2, 0) is 10.0 Å². The summed E-state index contributed by atoms with van der Waals surface area (Å²) in [4.78, 5) is 2.46. The fourth-order valence-electron chi connectivity index (χ4n) is 4.22. The van der Waals surface area contributed by atoms with Gasteiger partial charge in [0.15, 0.2) is 0 Å². The van der Waals surface area contributed by atoms with Crippen molar-refractivity contribution in [3.05, 3.63) is 94.5 Å². The third kappa shape index (κ3) is 4.55. The molecule has 1 aliphatic rings. The van der Waals surface area contributed by atoms with Gasteiger partial charge in [0, 0.05) is 31.2 Å². The molecule has 0 aromatic heterocycles. The smallest absolute Gasteiger partial charge is 0.246 e. The molecular weight excluding hydrogens is 444 g/mol. The molecule has 0 unspecified atom stereocenters. The van der Waals surface area contributed by atoms with Gasteiger partial charge in [0.05, 0.1) is 13.2 Å². The molecule has 32 heavy (non-hydrogen) atoms. The van der Waals surface area contributed by atoms with E-state index < -0.39 is 10.0 Å². The predicted octanol–water partition coefficient (Wildman–Crippen LogP) is 4.75. The molecule has 3 aromatic carbocycles. The van der Waals surface area contributed by atoms with E-state index in [4.69, 9.17) is 16.3 Å². The lowest BCUT2D eigenvalue weighted by Crippen LogP contribution is -2.49. The second-order valence-corrected chi connectivity index (χ2v) is 10.2. The minimum atomic E-state index is -3.73. The van der Waals surface area contributed by atoms with Gasteiger partial charge in [-0.3, -0.25) is 4.90 Å². The standard InChI is InChI=1S/C25H27ClN2O3S/c1-19-17-23(31-2)24(18-22(19)26)32(29,30)28-15-13-27(14-16-28)25(20-9-5-3-6-10-20)21-11-7-4-8-12-21/h3-12,17-18,25H,13-16H2,1-2H3. The van der Waals surface area contributed by atoms with Gasteiger partial charge in [-0.05, 0) is 35.7 Å². The number of ether oxygens (including phenoxy) is 1. The molecule has 1 aliphatic heterocycles. The zero-order valence-electron chi connectivity index (χ0n) is 18.2. The second-order valence-electron chi connectivity index (χ2n) is 7.92. The Balaban J connectivity index is 1.59. The lowest BCUT2D eigenvalue weighted by molar-refractivity contribution is 0.155. The van der Waals surface area contributed by atoms with Gasteiger partial charge >= 0.3 is 0 Å². The van der Waals surface area contributed by atoms with Crippen molar-refractivity contribution in [3.63, 3.8) is 0 Å². The minimum Gasteiger partial charge on any atom is -0.495 e. The third-order valence-corrected chi connectivity index (χ3v) is 8.26. The number of aryl methyl sites for hydroxylation is 1. The Bertz CT molecular complexity index is 1120. The summed E-state index contributed by atoms with van der Waals surface area (Å²) >= 11 is 6.24. The van der Waals surface area contributed by atoms with E-state index in [0.717, 1.165) is 5.56 Å². The zero-order chi connectivity index (χ0) is 22.7. The van der Waals surface area contributed by atoms with E-state index >= 15 is 0 Å². The first-order valence-electron chi connectivity index (χ1n) is 10.6. The fraction of sp³-hybridized carbons (Fsp3) is 0.280. The maximum Gasteiger partial charge on any atom is 0.246 e. The summed E-state index contributed by atoms with van der Waals surface area (Å²) in [5.41, 5.74) is 3.17. The van der Waals surface area contributed by atoms with Gasteiger partial charge in [-0.1, -0.05) is 72.3 Å². The molecule has 7 heteroatoms. The Morgan fingerprint density at radius 2 is 1.41 bits per heavy atom. The predicted molar refractivity (Wildman–Crippen MR) is 128 cm³/mol. The van der Waals surface area contributed by atoms with E-state index in [0.29, 0.717) is 37.0 Å². The van der Waals surface area contributed by atoms with Crippen molar-refractivity contribution >= 4 is 21.6 Å². The Morgan fingerprint density at radius 1 is 0.875 bits per heavy atom. The molecule has 3 aromatic rings. The van der Waals surface area contributed by atoms with Crippen molar-refractivity contribution in [2.75, 3.05) is 33.3 Å². The molecular formula is C25H27ClN2O3S. The van der Waals surface area contributed by atoms with E-state index in [-0.39, 0.29) is 10.9 Å². The summed E-state index contributed by atoms with van der Waals surface area (Å²) in [6.45, 7) is 3.86. The first kappa shape index (κ1) is 22.8. The van der Waals surface area contributed by atoms with Gasteiger partial charge in [0.25, 0.3) is 0 Å². The summed E-state index contributed by atoms with van der Waals surface area (Å²) in [5, 5.41) is 0.413. The van der Waals surface area contributed by atoms with Crippen LogP contribution in [0.4, 0.5) is 0 Å². The molecule has 0 amide bonds. The number of hydrogen-bond donors (Lipinski definition) is 0. The van der Waals surface area contributed by atoms with Gasteiger partial charge < -0.3 is 4.74 Å². The van der Waals surface area contributed by atoms with E-state index in [1.807, 2.05) is 43.3 Å². The molecule has 0 bridgehead atoms. The molecule has 0 aliphatic carbocycles. The number of halogens is 1. The fourth-order valence-corrected chi connectivity index (χ4v) is 6.04. The molecule has 1 heterocycles. The van der Waals surface area contributed by atoms with Crippen LogP contribution in [0.5, 0.6) is 5.75 Å². The summed E-state index contributed by atoms with van der Waals surface area (Å²) in [6.07, 6.45) is 0. The van der Waals surface area contributed by atoms with Crippen molar-refractivity contribution in [1.82, 2.24) is 9.21 Å². The highest BCUT2D eigenvalue weighted by Gasteiger charge is 2.34. The van der Waals surface area contributed by atoms with E-state index in [1.54, 1.807) is 6.07 Å². The highest BCUT2D eigenvalue weighted by atomic mass is 35.5. The molecule has 1 fully saturated rings. The van der Waals surface area contributed by atoms with Crippen LogP contribution in [0.3, 0.4) is 0 Å². The second kappa shape index (κ2) is 9.63. The number of rotatable bonds is 6. The van der Waals surface area contributed by atoms with Gasteiger partial charge in [0.2, 0.25) is 10.0 Å². The number of nitrogens with zero attached hydrogens (tertiary/aromatic N) is 2. The van der Waals surface area contributed by atoms with Crippen LogP contribution in [0.25, 0.3) is 0 Å². The van der Waals surface area contributed by atoms with E-state index in [2.05, 4.69) is 29.2 Å². The minimum absolute atomic E-state index is 0.0746. The van der Waals surface area contributed by atoms with Crippen LogP contribution < -0.4 is 4.74 Å². The van der Waals surface area contributed by atoms with Gasteiger partial charge in [-0.25, -0.2) is 8.42 Å². The molecule has 5 nitrogen and oxygen atoms in total. The number of methoxy groups -OCH3 is 1. The van der Waals surface area contributed by atoms with Crippen molar-refractivity contribution in [1.29, 1.82) is 0 Å². The van der Waals surface area contributed by atoms with Crippen LogP contribution in [0.1, 0.15) is 22.7 Å². The lowest BCUT2D eigenvalue weighted by Gasteiger charge is -2.39. The van der Waals surface area contributed by atoms with Crippen molar-refractivity contribution < 1.29 is 13.2 Å². The third-order valence-electron chi connectivity index (χ3n) is 5.93. The van der Waals surface area contributed by atoms with Gasteiger partial charge in [0.1, 0.15) is 10.6 Å². The Labute approximate surface area is 195 Å². The lowest BCUT2D eigenvalue weighted by atomic mass is 9.96. The first-order chi connectivity index (χ1) is 15.4. The number of benzene rings is 3. The maximum absolute atomic E-state index is 13.4. The van der Waals surface area contributed by atoms with Crippen LogP contribution in [-0.4, -0.2) is 50.9 Å². The van der Waals surface area contributed by atoms with E-state index in [9.17, 15) is 8.42 Å². The Morgan fingerprint density at radius 3 is 1.91 bits per heavy atom. The van der Waals surface area contributed by atoms with Gasteiger partial charge in [-0.15, -0.1) is 0 Å². The average Bonchev–Trinajstić information content (AvgIpc) is 2.82. The largest absolute Gasteiger partial charge is 0.495 e. The number of sulfonamides is 1. The highest BCUT2D eigenvalue weighted by molar-refractivity contribution is 7.89.